The molecule has 1 aromatic rings. The van der Waals surface area contributed by atoms with E-state index in [9.17, 15) is 9.50 Å². The van der Waals surface area contributed by atoms with E-state index in [1.807, 2.05) is 6.07 Å². The van der Waals surface area contributed by atoms with Crippen molar-refractivity contribution in [1.82, 2.24) is 9.88 Å². The number of halogens is 1. The average molecular weight is 276 g/mol. The Bertz CT molecular complexity index is 544. The lowest BCUT2D eigenvalue weighted by Crippen LogP contribution is -2.53. The van der Waals surface area contributed by atoms with Crippen molar-refractivity contribution in [3.8, 4) is 6.07 Å². The van der Waals surface area contributed by atoms with Gasteiger partial charge in [0.15, 0.2) is 0 Å². The number of hydrogen-bond donors (Lipinski definition) is 1. The highest BCUT2D eigenvalue weighted by Gasteiger charge is 2.37. The minimum atomic E-state index is -0.481. The summed E-state index contributed by atoms with van der Waals surface area (Å²) in [7, 11) is 0. The molecule has 6 heteroatoms. The first-order valence-electron chi connectivity index (χ1n) is 6.90. The van der Waals surface area contributed by atoms with Crippen molar-refractivity contribution in [3.63, 3.8) is 0 Å². The Morgan fingerprint density at radius 2 is 2.30 bits per heavy atom. The van der Waals surface area contributed by atoms with Crippen LogP contribution in [0.1, 0.15) is 18.4 Å². The molecule has 3 rings (SSSR count). The van der Waals surface area contributed by atoms with Gasteiger partial charge in [-0.05, 0) is 18.9 Å². The molecule has 106 valence electrons. The van der Waals surface area contributed by atoms with E-state index in [0.29, 0.717) is 11.9 Å². The van der Waals surface area contributed by atoms with E-state index in [4.69, 9.17) is 5.26 Å². The molecule has 0 spiro atoms. The van der Waals surface area contributed by atoms with Crippen molar-refractivity contribution in [1.29, 1.82) is 5.26 Å². The maximum Gasteiger partial charge on any atom is 0.146 e. The molecule has 2 aliphatic rings. The minimum Gasteiger partial charge on any atom is -0.395 e. The first kappa shape index (κ1) is 13.3. The van der Waals surface area contributed by atoms with Gasteiger partial charge >= 0.3 is 0 Å². The maximum absolute atomic E-state index is 13.1. The van der Waals surface area contributed by atoms with Gasteiger partial charge in [0.25, 0.3) is 0 Å². The summed E-state index contributed by atoms with van der Waals surface area (Å²) in [6.07, 6.45) is 3.22. The molecule has 0 aliphatic carbocycles. The number of pyridine rings is 1. The standard InChI is InChI=1S/C14H17FN4O/c15-11-5-10(6-16)14(17-7-11)18-3-4-19-12(8-18)1-2-13(19)9-20/h5,7,12-13,20H,1-4,8-9H2/t12-,13?/m0/s1. The number of nitrogens with zero attached hydrogens (tertiary/aromatic N) is 4. The third-order valence-corrected chi connectivity index (χ3v) is 4.29. The summed E-state index contributed by atoms with van der Waals surface area (Å²) in [5, 5.41) is 18.5. The molecule has 20 heavy (non-hydrogen) atoms. The van der Waals surface area contributed by atoms with Crippen molar-refractivity contribution in [3.05, 3.63) is 23.6 Å². The van der Waals surface area contributed by atoms with Crippen LogP contribution in [0.5, 0.6) is 0 Å². The highest BCUT2D eigenvalue weighted by atomic mass is 19.1. The summed E-state index contributed by atoms with van der Waals surface area (Å²) >= 11 is 0. The van der Waals surface area contributed by atoms with Crippen LogP contribution < -0.4 is 4.90 Å². The number of anilines is 1. The molecule has 0 aromatic carbocycles. The Labute approximate surface area is 117 Å². The monoisotopic (exact) mass is 276 g/mol. The van der Waals surface area contributed by atoms with Gasteiger partial charge in [-0.3, -0.25) is 4.90 Å². The zero-order valence-corrected chi connectivity index (χ0v) is 11.2. The van der Waals surface area contributed by atoms with Gasteiger partial charge in [0.05, 0.1) is 18.4 Å². The average Bonchev–Trinajstić information content (AvgIpc) is 2.89. The Morgan fingerprint density at radius 3 is 3.05 bits per heavy atom. The summed E-state index contributed by atoms with van der Waals surface area (Å²) < 4.78 is 13.1. The quantitative estimate of drug-likeness (QED) is 0.863. The summed E-state index contributed by atoms with van der Waals surface area (Å²) in [5.74, 6) is 0.0890. The van der Waals surface area contributed by atoms with Gasteiger partial charge in [0, 0.05) is 31.7 Å². The molecule has 2 fully saturated rings. The number of nitriles is 1. The van der Waals surface area contributed by atoms with E-state index >= 15 is 0 Å². The molecule has 2 atom stereocenters. The third-order valence-electron chi connectivity index (χ3n) is 4.29. The van der Waals surface area contributed by atoms with E-state index in [2.05, 4.69) is 14.8 Å². The maximum atomic E-state index is 13.1. The van der Waals surface area contributed by atoms with Crippen LogP contribution in [-0.2, 0) is 0 Å². The first-order valence-corrected chi connectivity index (χ1v) is 6.90. The fourth-order valence-electron chi connectivity index (χ4n) is 3.31. The van der Waals surface area contributed by atoms with Crippen LogP contribution in [0.4, 0.5) is 10.2 Å². The minimum absolute atomic E-state index is 0.203. The van der Waals surface area contributed by atoms with Crippen LogP contribution in [0, 0.1) is 17.1 Å². The van der Waals surface area contributed by atoms with Crippen LogP contribution >= 0.6 is 0 Å². The Balaban J connectivity index is 1.79. The molecule has 2 aliphatic heterocycles. The topological polar surface area (TPSA) is 63.4 Å². The molecule has 5 nitrogen and oxygen atoms in total. The number of piperazine rings is 1. The molecule has 0 saturated carbocycles. The molecular formula is C14H17FN4O. The van der Waals surface area contributed by atoms with Gasteiger partial charge < -0.3 is 10.0 Å². The van der Waals surface area contributed by atoms with Crippen LogP contribution in [0.25, 0.3) is 0 Å². The summed E-state index contributed by atoms with van der Waals surface area (Å²) in [6, 6.07) is 3.90. The predicted octanol–water partition coefficient (Wildman–Crippen LogP) is 0.738. The van der Waals surface area contributed by atoms with Crippen molar-refractivity contribution in [2.45, 2.75) is 24.9 Å². The van der Waals surface area contributed by atoms with E-state index in [1.165, 1.54) is 6.07 Å². The fourth-order valence-corrected chi connectivity index (χ4v) is 3.31. The molecular weight excluding hydrogens is 259 g/mol. The van der Waals surface area contributed by atoms with E-state index < -0.39 is 5.82 Å². The third kappa shape index (κ3) is 2.23. The van der Waals surface area contributed by atoms with Crippen molar-refractivity contribution >= 4 is 5.82 Å². The van der Waals surface area contributed by atoms with E-state index in [-0.39, 0.29) is 18.2 Å². The molecule has 2 saturated heterocycles. The summed E-state index contributed by atoms with van der Waals surface area (Å²) in [5.41, 5.74) is 0.287. The number of aliphatic hydroxyl groups excluding tert-OH is 1. The van der Waals surface area contributed by atoms with Gasteiger partial charge in [-0.1, -0.05) is 0 Å². The van der Waals surface area contributed by atoms with Crippen molar-refractivity contribution in [2.75, 3.05) is 31.1 Å². The van der Waals surface area contributed by atoms with Crippen LogP contribution in [-0.4, -0.2) is 53.3 Å². The highest BCUT2D eigenvalue weighted by molar-refractivity contribution is 5.54. The molecule has 1 aromatic heterocycles. The van der Waals surface area contributed by atoms with Crippen LogP contribution in [0.15, 0.2) is 12.3 Å². The number of aliphatic hydroxyl groups is 1. The highest BCUT2D eigenvalue weighted by Crippen LogP contribution is 2.29. The molecule has 0 radical (unpaired) electrons. The second-order valence-corrected chi connectivity index (χ2v) is 5.39. The largest absolute Gasteiger partial charge is 0.395 e. The molecule has 1 unspecified atom stereocenters. The summed E-state index contributed by atoms with van der Waals surface area (Å²) in [6.45, 7) is 2.58. The van der Waals surface area contributed by atoms with E-state index in [1.54, 1.807) is 0 Å². The Hall–Kier alpha value is -1.71. The van der Waals surface area contributed by atoms with Crippen LogP contribution in [0.3, 0.4) is 0 Å². The molecule has 1 N–H and O–H groups in total. The molecule has 0 amide bonds. The smallest absolute Gasteiger partial charge is 0.146 e. The first-order chi connectivity index (χ1) is 9.72. The lowest BCUT2D eigenvalue weighted by Gasteiger charge is -2.40. The number of rotatable bonds is 2. The number of hydrogen-bond acceptors (Lipinski definition) is 5. The lowest BCUT2D eigenvalue weighted by molar-refractivity contribution is 0.120. The normalized spacial score (nSPS) is 26.4. The molecule has 0 bridgehead atoms. The van der Waals surface area contributed by atoms with E-state index in [0.717, 1.165) is 38.7 Å². The van der Waals surface area contributed by atoms with Gasteiger partial charge in [0.2, 0.25) is 0 Å². The van der Waals surface area contributed by atoms with Gasteiger partial charge in [0.1, 0.15) is 17.7 Å². The molecule has 3 heterocycles. The van der Waals surface area contributed by atoms with Crippen molar-refractivity contribution in [2.24, 2.45) is 0 Å². The second-order valence-electron chi connectivity index (χ2n) is 5.39. The second kappa shape index (κ2) is 5.35. The zero-order valence-electron chi connectivity index (χ0n) is 11.2. The number of fused-ring (bicyclic) bond motifs is 1. The predicted molar refractivity (Wildman–Crippen MR) is 71.7 cm³/mol. The SMILES string of the molecule is N#Cc1cc(F)cnc1N1CCN2C(CO)CC[C@H]2C1. The van der Waals surface area contributed by atoms with Crippen LogP contribution in [0.2, 0.25) is 0 Å². The van der Waals surface area contributed by atoms with Gasteiger partial charge in [-0.15, -0.1) is 0 Å². The van der Waals surface area contributed by atoms with Gasteiger partial charge in [-0.25, -0.2) is 9.37 Å². The fraction of sp³-hybridized carbons (Fsp3) is 0.571. The van der Waals surface area contributed by atoms with Gasteiger partial charge in [-0.2, -0.15) is 5.26 Å². The Morgan fingerprint density at radius 1 is 1.45 bits per heavy atom. The lowest BCUT2D eigenvalue weighted by atomic mass is 10.1. The zero-order chi connectivity index (χ0) is 14.1. The number of aromatic nitrogens is 1. The Kier molecular flexibility index (Phi) is 3.55. The summed E-state index contributed by atoms with van der Waals surface area (Å²) in [4.78, 5) is 8.48. The van der Waals surface area contributed by atoms with Crippen molar-refractivity contribution < 1.29 is 9.50 Å².